The predicted octanol–water partition coefficient (Wildman–Crippen LogP) is 4.06. The zero-order valence-electron chi connectivity index (χ0n) is 14.9. The van der Waals surface area contributed by atoms with Crippen molar-refractivity contribution in [1.29, 1.82) is 0 Å². The second-order valence-corrected chi connectivity index (χ2v) is 6.73. The fourth-order valence-electron chi connectivity index (χ4n) is 3.46. The summed E-state index contributed by atoms with van der Waals surface area (Å²) in [7, 11) is 0. The number of nitrogens with one attached hydrogen (secondary N) is 1. The van der Waals surface area contributed by atoms with Gasteiger partial charge in [0.2, 0.25) is 5.78 Å². The maximum atomic E-state index is 13.3. The summed E-state index contributed by atoms with van der Waals surface area (Å²) in [4.78, 5) is 29.1. The van der Waals surface area contributed by atoms with Crippen molar-refractivity contribution >= 4 is 22.7 Å². The Morgan fingerprint density at radius 2 is 1.70 bits per heavy atom. The Labute approximate surface area is 157 Å². The van der Waals surface area contributed by atoms with Crippen LogP contribution in [0.3, 0.4) is 0 Å². The van der Waals surface area contributed by atoms with Crippen molar-refractivity contribution in [3.05, 3.63) is 71.9 Å². The quantitative estimate of drug-likeness (QED) is 0.548. The molecule has 0 aliphatic carbocycles. The molecule has 1 aliphatic heterocycles. The van der Waals surface area contributed by atoms with Crippen LogP contribution in [0.15, 0.2) is 60.8 Å². The molecule has 5 heteroatoms. The highest BCUT2D eigenvalue weighted by Gasteiger charge is 2.31. The number of para-hydroxylation sites is 1. The first-order valence-corrected chi connectivity index (χ1v) is 9.17. The van der Waals surface area contributed by atoms with Crippen LogP contribution >= 0.6 is 0 Å². The third kappa shape index (κ3) is 3.64. The molecule has 0 spiro atoms. The standard InChI is InChI=1S/C22H21NO4/c24-20(18-14-23-19-9-5-4-8-17(18)19)21(15-6-2-1-3-7-15)27-22(25)16-10-12-26-13-11-16/h1-9,14,16,21,23H,10-13H2. The predicted molar refractivity (Wildman–Crippen MR) is 101 cm³/mol. The number of carbonyl (C=O) groups excluding carboxylic acids is 2. The number of rotatable bonds is 5. The Hall–Kier alpha value is -2.92. The van der Waals surface area contributed by atoms with Gasteiger partial charge in [0.15, 0.2) is 6.10 Å². The van der Waals surface area contributed by atoms with Crippen LogP contribution in [0.25, 0.3) is 10.9 Å². The van der Waals surface area contributed by atoms with Crippen molar-refractivity contribution < 1.29 is 19.1 Å². The third-order valence-electron chi connectivity index (χ3n) is 4.98. The largest absolute Gasteiger partial charge is 0.449 e. The number of fused-ring (bicyclic) bond motifs is 1. The van der Waals surface area contributed by atoms with Crippen molar-refractivity contribution in [2.45, 2.75) is 18.9 Å². The van der Waals surface area contributed by atoms with Gasteiger partial charge >= 0.3 is 5.97 Å². The molecule has 1 N–H and O–H groups in total. The smallest absolute Gasteiger partial charge is 0.310 e. The van der Waals surface area contributed by atoms with Crippen LogP contribution in [0.4, 0.5) is 0 Å². The highest BCUT2D eigenvalue weighted by atomic mass is 16.5. The van der Waals surface area contributed by atoms with E-state index < -0.39 is 6.10 Å². The van der Waals surface area contributed by atoms with Crippen LogP contribution in [0.5, 0.6) is 0 Å². The van der Waals surface area contributed by atoms with E-state index in [2.05, 4.69) is 4.98 Å². The first-order valence-electron chi connectivity index (χ1n) is 9.17. The molecule has 27 heavy (non-hydrogen) atoms. The third-order valence-corrected chi connectivity index (χ3v) is 4.98. The Kier molecular flexibility index (Phi) is 5.03. The molecular weight excluding hydrogens is 342 g/mol. The van der Waals surface area contributed by atoms with E-state index in [1.807, 2.05) is 54.6 Å². The summed E-state index contributed by atoms with van der Waals surface area (Å²) in [5.74, 6) is -0.778. The lowest BCUT2D eigenvalue weighted by molar-refractivity contribution is -0.155. The van der Waals surface area contributed by atoms with Crippen LogP contribution in [0, 0.1) is 5.92 Å². The Morgan fingerprint density at radius 3 is 2.48 bits per heavy atom. The molecule has 1 saturated heterocycles. The van der Waals surface area contributed by atoms with Gasteiger partial charge in [-0.15, -0.1) is 0 Å². The van der Waals surface area contributed by atoms with Gasteiger partial charge in [0.25, 0.3) is 0 Å². The normalized spacial score (nSPS) is 16.1. The van der Waals surface area contributed by atoms with Crippen LogP contribution < -0.4 is 0 Å². The number of ketones is 1. The van der Waals surface area contributed by atoms with Crippen LogP contribution in [0.1, 0.15) is 34.9 Å². The second kappa shape index (κ2) is 7.76. The van der Waals surface area contributed by atoms with Gasteiger partial charge in [-0.1, -0.05) is 48.5 Å². The van der Waals surface area contributed by atoms with E-state index in [-0.39, 0.29) is 17.7 Å². The van der Waals surface area contributed by atoms with Crippen molar-refractivity contribution in [3.63, 3.8) is 0 Å². The number of aromatic nitrogens is 1. The maximum Gasteiger partial charge on any atom is 0.310 e. The molecule has 2 heterocycles. The van der Waals surface area contributed by atoms with E-state index in [4.69, 9.17) is 9.47 Å². The molecule has 0 radical (unpaired) electrons. The summed E-state index contributed by atoms with van der Waals surface area (Å²) in [5.41, 5.74) is 2.08. The zero-order chi connectivity index (χ0) is 18.6. The number of carbonyl (C=O) groups is 2. The van der Waals surface area contributed by atoms with Crippen molar-refractivity contribution in [2.24, 2.45) is 5.92 Å². The topological polar surface area (TPSA) is 68.4 Å². The SMILES string of the molecule is O=C(OC(C(=O)c1c[nH]c2ccccc12)c1ccccc1)C1CCOCC1. The molecule has 0 amide bonds. The minimum absolute atomic E-state index is 0.222. The number of H-pyrrole nitrogens is 1. The highest BCUT2D eigenvalue weighted by Crippen LogP contribution is 2.29. The molecule has 4 rings (SSSR count). The van der Waals surface area contributed by atoms with E-state index in [1.165, 1.54) is 0 Å². The fourth-order valence-corrected chi connectivity index (χ4v) is 3.46. The number of benzene rings is 2. The van der Waals surface area contributed by atoms with Gasteiger partial charge in [-0.2, -0.15) is 0 Å². The number of Topliss-reactive ketones (excluding diaryl/α,β-unsaturated/α-hetero) is 1. The van der Waals surface area contributed by atoms with Crippen LogP contribution in [0.2, 0.25) is 0 Å². The molecule has 1 fully saturated rings. The van der Waals surface area contributed by atoms with E-state index in [1.54, 1.807) is 6.20 Å². The number of esters is 1. The zero-order valence-corrected chi connectivity index (χ0v) is 14.9. The summed E-state index contributed by atoms with van der Waals surface area (Å²) in [6.07, 6.45) is 1.98. The highest BCUT2D eigenvalue weighted by molar-refractivity contribution is 6.10. The Balaban J connectivity index is 1.65. The van der Waals surface area contributed by atoms with Gasteiger partial charge in [-0.25, -0.2) is 0 Å². The number of hydrogen-bond acceptors (Lipinski definition) is 4. The van der Waals surface area contributed by atoms with Crippen molar-refractivity contribution in [2.75, 3.05) is 13.2 Å². The lowest BCUT2D eigenvalue weighted by Crippen LogP contribution is -2.28. The van der Waals surface area contributed by atoms with Crippen molar-refractivity contribution in [1.82, 2.24) is 4.98 Å². The van der Waals surface area contributed by atoms with Gasteiger partial charge in [-0.3, -0.25) is 9.59 Å². The van der Waals surface area contributed by atoms with Gasteiger partial charge in [0, 0.05) is 41.4 Å². The monoisotopic (exact) mass is 363 g/mol. The summed E-state index contributed by atoms with van der Waals surface area (Å²) in [6.45, 7) is 1.10. The molecule has 138 valence electrons. The molecule has 5 nitrogen and oxygen atoms in total. The molecule has 2 aromatic carbocycles. The van der Waals surface area contributed by atoms with Crippen LogP contribution in [-0.2, 0) is 14.3 Å². The van der Waals surface area contributed by atoms with E-state index in [9.17, 15) is 9.59 Å². The molecular formula is C22H21NO4. The number of hydrogen-bond donors (Lipinski definition) is 1. The molecule has 1 aromatic heterocycles. The van der Waals surface area contributed by atoms with E-state index in [0.29, 0.717) is 37.2 Å². The number of aromatic amines is 1. The summed E-state index contributed by atoms with van der Waals surface area (Å²) >= 11 is 0. The maximum absolute atomic E-state index is 13.3. The molecule has 1 aliphatic rings. The number of ether oxygens (including phenoxy) is 2. The molecule has 1 atom stereocenters. The van der Waals surface area contributed by atoms with Gasteiger partial charge in [0.05, 0.1) is 5.92 Å². The Morgan fingerprint density at radius 1 is 1.00 bits per heavy atom. The molecule has 1 unspecified atom stereocenters. The fraction of sp³-hybridized carbons (Fsp3) is 0.273. The lowest BCUT2D eigenvalue weighted by atomic mass is 9.97. The Bertz CT molecular complexity index is 941. The molecule has 0 bridgehead atoms. The van der Waals surface area contributed by atoms with Crippen molar-refractivity contribution in [3.8, 4) is 0 Å². The summed E-state index contributed by atoms with van der Waals surface area (Å²) in [6, 6.07) is 16.8. The average molecular weight is 363 g/mol. The average Bonchev–Trinajstić information content (AvgIpc) is 3.17. The van der Waals surface area contributed by atoms with E-state index in [0.717, 1.165) is 10.9 Å². The minimum atomic E-state index is -0.958. The second-order valence-electron chi connectivity index (χ2n) is 6.73. The van der Waals surface area contributed by atoms with Crippen LogP contribution in [-0.4, -0.2) is 30.0 Å². The van der Waals surface area contributed by atoms with Gasteiger partial charge in [0.1, 0.15) is 0 Å². The molecule has 0 saturated carbocycles. The molecule has 3 aromatic rings. The first kappa shape index (κ1) is 17.5. The summed E-state index contributed by atoms with van der Waals surface area (Å²) in [5, 5.41) is 0.825. The first-order chi connectivity index (χ1) is 13.2. The van der Waals surface area contributed by atoms with Gasteiger partial charge in [-0.05, 0) is 18.9 Å². The van der Waals surface area contributed by atoms with E-state index >= 15 is 0 Å². The lowest BCUT2D eigenvalue weighted by Gasteiger charge is -2.24. The minimum Gasteiger partial charge on any atom is -0.449 e. The van der Waals surface area contributed by atoms with Gasteiger partial charge < -0.3 is 14.5 Å². The summed E-state index contributed by atoms with van der Waals surface area (Å²) < 4.78 is 11.1.